The summed E-state index contributed by atoms with van der Waals surface area (Å²) in [5.41, 5.74) is 5.95. The number of rotatable bonds is 8. The molecule has 0 bridgehead atoms. The second-order valence-electron chi connectivity index (χ2n) is 6.81. The van der Waals surface area contributed by atoms with Gasteiger partial charge in [0.2, 0.25) is 0 Å². The maximum atomic E-state index is 12.7. The highest BCUT2D eigenvalue weighted by molar-refractivity contribution is 5.81. The van der Waals surface area contributed by atoms with Crippen molar-refractivity contribution in [1.29, 1.82) is 0 Å². The van der Waals surface area contributed by atoms with Crippen molar-refractivity contribution in [3.05, 3.63) is 64.2 Å². The summed E-state index contributed by atoms with van der Waals surface area (Å²) in [7, 11) is 0. The molecule has 0 saturated heterocycles. The Bertz CT molecular complexity index is 752. The molecule has 1 N–H and O–H groups in total. The number of benzene rings is 2. The molecular formula is C23H31NO2. The van der Waals surface area contributed by atoms with E-state index in [-0.39, 0.29) is 5.91 Å². The van der Waals surface area contributed by atoms with Gasteiger partial charge in [0.15, 0.2) is 6.10 Å². The van der Waals surface area contributed by atoms with Crippen molar-refractivity contribution in [2.24, 2.45) is 0 Å². The van der Waals surface area contributed by atoms with Crippen LogP contribution in [0.15, 0.2) is 36.4 Å². The minimum absolute atomic E-state index is 0.0580. The summed E-state index contributed by atoms with van der Waals surface area (Å²) in [6.07, 6.45) is 2.12. The number of ether oxygens (including phenoxy) is 1. The molecule has 1 atom stereocenters. The SMILES string of the molecule is CCc1ccc(CC)c(CNC(=O)C(CC)Oc2cc(C)ccc2C)c1. The summed E-state index contributed by atoms with van der Waals surface area (Å²) in [6, 6.07) is 12.6. The van der Waals surface area contributed by atoms with Crippen molar-refractivity contribution >= 4 is 5.91 Å². The molecular weight excluding hydrogens is 322 g/mol. The molecule has 0 spiro atoms. The van der Waals surface area contributed by atoms with Crippen LogP contribution >= 0.6 is 0 Å². The number of carbonyl (C=O) groups is 1. The molecule has 2 aromatic rings. The molecule has 0 aliphatic heterocycles. The number of nitrogens with one attached hydrogen (secondary N) is 1. The molecule has 26 heavy (non-hydrogen) atoms. The summed E-state index contributed by atoms with van der Waals surface area (Å²) in [5.74, 6) is 0.728. The van der Waals surface area contributed by atoms with Crippen LogP contribution in [0.1, 0.15) is 55.0 Å². The molecule has 0 aromatic heterocycles. The molecule has 2 rings (SSSR count). The number of hydrogen-bond acceptors (Lipinski definition) is 2. The monoisotopic (exact) mass is 353 g/mol. The Morgan fingerprint density at radius 3 is 2.42 bits per heavy atom. The van der Waals surface area contributed by atoms with Gasteiger partial charge >= 0.3 is 0 Å². The molecule has 140 valence electrons. The van der Waals surface area contributed by atoms with Gasteiger partial charge < -0.3 is 10.1 Å². The molecule has 2 aromatic carbocycles. The van der Waals surface area contributed by atoms with Crippen molar-refractivity contribution in [3.63, 3.8) is 0 Å². The van der Waals surface area contributed by atoms with Gasteiger partial charge in [-0.25, -0.2) is 0 Å². The quantitative estimate of drug-likeness (QED) is 0.733. The third kappa shape index (κ3) is 5.10. The van der Waals surface area contributed by atoms with Crippen LogP contribution in [0.3, 0.4) is 0 Å². The van der Waals surface area contributed by atoms with Crippen LogP contribution in [-0.4, -0.2) is 12.0 Å². The van der Waals surface area contributed by atoms with Gasteiger partial charge in [-0.05, 0) is 67.0 Å². The minimum Gasteiger partial charge on any atom is -0.480 e. The van der Waals surface area contributed by atoms with E-state index in [1.54, 1.807) is 0 Å². The van der Waals surface area contributed by atoms with Crippen LogP contribution in [0, 0.1) is 13.8 Å². The normalized spacial score (nSPS) is 11.9. The summed E-state index contributed by atoms with van der Waals surface area (Å²) in [5, 5.41) is 3.07. The van der Waals surface area contributed by atoms with Crippen molar-refractivity contribution in [2.75, 3.05) is 0 Å². The second-order valence-corrected chi connectivity index (χ2v) is 6.81. The Balaban J connectivity index is 2.06. The lowest BCUT2D eigenvalue weighted by atomic mass is 10.0. The first-order chi connectivity index (χ1) is 12.5. The summed E-state index contributed by atoms with van der Waals surface area (Å²) in [6.45, 7) is 10.8. The highest BCUT2D eigenvalue weighted by Crippen LogP contribution is 2.21. The third-order valence-electron chi connectivity index (χ3n) is 4.79. The standard InChI is InChI=1S/C23H31NO2/c1-6-18-11-12-19(7-2)20(14-18)15-24-23(25)21(8-3)26-22-13-16(4)9-10-17(22)5/h9-14,21H,6-8,15H2,1-5H3,(H,24,25). The van der Waals surface area contributed by atoms with Crippen LogP contribution in [0.25, 0.3) is 0 Å². The Labute approximate surface area is 157 Å². The van der Waals surface area contributed by atoms with Crippen molar-refractivity contribution in [1.82, 2.24) is 5.32 Å². The molecule has 0 aliphatic carbocycles. The zero-order valence-electron chi connectivity index (χ0n) is 16.7. The zero-order valence-corrected chi connectivity index (χ0v) is 16.7. The smallest absolute Gasteiger partial charge is 0.261 e. The first kappa shape index (κ1) is 20.0. The number of hydrogen-bond donors (Lipinski definition) is 1. The molecule has 0 saturated carbocycles. The van der Waals surface area contributed by atoms with E-state index in [2.05, 4.69) is 43.4 Å². The molecule has 0 fully saturated rings. The summed E-state index contributed by atoms with van der Waals surface area (Å²) in [4.78, 5) is 12.7. The highest BCUT2D eigenvalue weighted by atomic mass is 16.5. The number of amides is 1. The average Bonchev–Trinajstić information content (AvgIpc) is 2.66. The van der Waals surface area contributed by atoms with Crippen molar-refractivity contribution in [2.45, 2.75) is 66.5 Å². The predicted molar refractivity (Wildman–Crippen MR) is 108 cm³/mol. The van der Waals surface area contributed by atoms with E-state index >= 15 is 0 Å². The molecule has 0 heterocycles. The third-order valence-corrected chi connectivity index (χ3v) is 4.79. The van der Waals surface area contributed by atoms with Crippen LogP contribution < -0.4 is 10.1 Å². The van der Waals surface area contributed by atoms with Crippen molar-refractivity contribution < 1.29 is 9.53 Å². The van der Waals surface area contributed by atoms with E-state index < -0.39 is 6.10 Å². The van der Waals surface area contributed by atoms with Gasteiger partial charge in [-0.3, -0.25) is 4.79 Å². The summed E-state index contributed by atoms with van der Waals surface area (Å²) < 4.78 is 6.01. The lowest BCUT2D eigenvalue weighted by molar-refractivity contribution is -0.128. The Hall–Kier alpha value is -2.29. The molecule has 3 nitrogen and oxygen atoms in total. The van der Waals surface area contributed by atoms with Crippen LogP contribution in [0.5, 0.6) is 5.75 Å². The summed E-state index contributed by atoms with van der Waals surface area (Å²) >= 11 is 0. The Morgan fingerprint density at radius 1 is 1.00 bits per heavy atom. The van der Waals surface area contributed by atoms with Gasteiger partial charge in [-0.15, -0.1) is 0 Å². The lowest BCUT2D eigenvalue weighted by Crippen LogP contribution is -2.38. The number of carbonyl (C=O) groups excluding carboxylic acids is 1. The van der Waals surface area contributed by atoms with Crippen LogP contribution in [0.4, 0.5) is 0 Å². The first-order valence-electron chi connectivity index (χ1n) is 9.60. The van der Waals surface area contributed by atoms with Crippen molar-refractivity contribution in [3.8, 4) is 5.75 Å². The van der Waals surface area contributed by atoms with Crippen LogP contribution in [-0.2, 0) is 24.2 Å². The molecule has 1 amide bonds. The van der Waals surface area contributed by atoms with E-state index in [9.17, 15) is 4.79 Å². The lowest BCUT2D eigenvalue weighted by Gasteiger charge is -2.19. The zero-order chi connectivity index (χ0) is 19.1. The highest BCUT2D eigenvalue weighted by Gasteiger charge is 2.19. The fraction of sp³-hybridized carbons (Fsp3) is 0.435. The van der Waals surface area contributed by atoms with Gasteiger partial charge in [0.05, 0.1) is 0 Å². The molecule has 0 radical (unpaired) electrons. The van der Waals surface area contributed by atoms with Gasteiger partial charge in [0, 0.05) is 6.54 Å². The fourth-order valence-electron chi connectivity index (χ4n) is 3.01. The van der Waals surface area contributed by atoms with E-state index in [1.807, 2.05) is 32.9 Å². The molecule has 1 unspecified atom stereocenters. The largest absolute Gasteiger partial charge is 0.480 e. The average molecular weight is 354 g/mol. The second kappa shape index (κ2) is 9.42. The van der Waals surface area contributed by atoms with E-state index in [1.165, 1.54) is 16.7 Å². The van der Waals surface area contributed by atoms with Gasteiger partial charge in [-0.1, -0.05) is 51.1 Å². The topological polar surface area (TPSA) is 38.3 Å². The molecule has 0 aliphatic rings. The fourth-order valence-corrected chi connectivity index (χ4v) is 3.01. The van der Waals surface area contributed by atoms with E-state index in [0.717, 1.165) is 29.7 Å². The van der Waals surface area contributed by atoms with E-state index in [4.69, 9.17) is 4.74 Å². The van der Waals surface area contributed by atoms with Crippen LogP contribution in [0.2, 0.25) is 0 Å². The van der Waals surface area contributed by atoms with Gasteiger partial charge in [0.1, 0.15) is 5.75 Å². The Morgan fingerprint density at radius 2 is 1.77 bits per heavy atom. The minimum atomic E-state index is -0.477. The van der Waals surface area contributed by atoms with E-state index in [0.29, 0.717) is 13.0 Å². The predicted octanol–water partition coefficient (Wildman–Crippen LogP) is 4.90. The van der Waals surface area contributed by atoms with Gasteiger partial charge in [-0.2, -0.15) is 0 Å². The first-order valence-corrected chi connectivity index (χ1v) is 9.60. The number of aryl methyl sites for hydroxylation is 4. The maximum absolute atomic E-state index is 12.7. The maximum Gasteiger partial charge on any atom is 0.261 e. The molecule has 3 heteroatoms. The Kier molecular flexibility index (Phi) is 7.26. The van der Waals surface area contributed by atoms with Gasteiger partial charge in [0.25, 0.3) is 5.91 Å².